The van der Waals surface area contributed by atoms with E-state index < -0.39 is 11.6 Å². The van der Waals surface area contributed by atoms with Crippen LogP contribution in [0.2, 0.25) is 0 Å². The van der Waals surface area contributed by atoms with Crippen molar-refractivity contribution in [2.24, 2.45) is 0 Å². The van der Waals surface area contributed by atoms with Gasteiger partial charge in [-0.1, -0.05) is 12.1 Å². The van der Waals surface area contributed by atoms with Gasteiger partial charge in [0.15, 0.2) is 23.1 Å². The van der Waals surface area contributed by atoms with E-state index in [4.69, 9.17) is 14.7 Å². The maximum absolute atomic E-state index is 13.8. The first-order chi connectivity index (χ1) is 10.2. The number of para-hydroxylation sites is 1. The normalized spacial score (nSPS) is 12.0. The summed E-state index contributed by atoms with van der Waals surface area (Å²) in [4.78, 5) is 0. The Bertz CT molecular complexity index is 718. The van der Waals surface area contributed by atoms with E-state index in [1.807, 2.05) is 0 Å². The molecule has 4 nitrogen and oxygen atoms in total. The third kappa shape index (κ3) is 2.46. The summed E-state index contributed by atoms with van der Waals surface area (Å²) in [5.41, 5.74) is 0.395. The van der Waals surface area contributed by atoms with E-state index in [1.165, 1.54) is 0 Å². The average Bonchev–Trinajstić information content (AvgIpc) is 2.95. The lowest BCUT2D eigenvalue weighted by Gasteiger charge is -2.10. The lowest BCUT2D eigenvalue weighted by Crippen LogP contribution is -2.05. The summed E-state index contributed by atoms with van der Waals surface area (Å²) in [7, 11) is 0. The quantitative estimate of drug-likeness (QED) is 0.942. The molecular formula is C15H10F2N2O2. The standard InChI is InChI=1S/C15H10F2N2O2/c16-11-4-9(6-18)5-12(17)14(11)19-7-10-2-1-3-13-15(10)21-8-20-13/h1-5,19H,7-8H2. The molecule has 0 spiro atoms. The van der Waals surface area contributed by atoms with Gasteiger partial charge >= 0.3 is 0 Å². The minimum absolute atomic E-state index is 0.0621. The fraction of sp³-hybridized carbons (Fsp3) is 0.133. The molecule has 1 aliphatic rings. The highest BCUT2D eigenvalue weighted by Gasteiger charge is 2.18. The summed E-state index contributed by atoms with van der Waals surface area (Å²) in [6.07, 6.45) is 0. The Morgan fingerprint density at radius 2 is 1.95 bits per heavy atom. The molecule has 0 radical (unpaired) electrons. The molecule has 21 heavy (non-hydrogen) atoms. The molecule has 0 atom stereocenters. The number of hydrogen-bond donors (Lipinski definition) is 1. The Kier molecular flexibility index (Phi) is 3.32. The van der Waals surface area contributed by atoms with Crippen LogP contribution in [-0.4, -0.2) is 6.79 Å². The number of halogens is 2. The Balaban J connectivity index is 1.83. The van der Waals surface area contributed by atoms with Gasteiger partial charge in [0, 0.05) is 12.1 Å². The van der Waals surface area contributed by atoms with Crippen LogP contribution in [0.15, 0.2) is 30.3 Å². The Morgan fingerprint density at radius 1 is 1.19 bits per heavy atom. The molecule has 0 aromatic heterocycles. The molecule has 6 heteroatoms. The zero-order chi connectivity index (χ0) is 14.8. The summed E-state index contributed by atoms with van der Waals surface area (Å²) >= 11 is 0. The molecule has 1 aliphatic heterocycles. The molecular weight excluding hydrogens is 278 g/mol. The monoisotopic (exact) mass is 288 g/mol. The van der Waals surface area contributed by atoms with Crippen LogP contribution in [0.3, 0.4) is 0 Å². The second kappa shape index (κ2) is 5.29. The fourth-order valence-corrected chi connectivity index (χ4v) is 2.12. The molecule has 0 aliphatic carbocycles. The molecule has 0 amide bonds. The van der Waals surface area contributed by atoms with Crippen molar-refractivity contribution in [3.05, 3.63) is 53.1 Å². The first kappa shape index (κ1) is 13.2. The predicted octanol–water partition coefficient (Wildman–Crippen LogP) is 3.18. The van der Waals surface area contributed by atoms with Crippen LogP contribution < -0.4 is 14.8 Å². The molecule has 0 bridgehead atoms. The van der Waals surface area contributed by atoms with Crippen molar-refractivity contribution in [1.82, 2.24) is 0 Å². The van der Waals surface area contributed by atoms with Crippen LogP contribution in [0, 0.1) is 23.0 Å². The number of benzene rings is 2. The van der Waals surface area contributed by atoms with Crippen molar-refractivity contribution in [3.8, 4) is 17.6 Å². The number of hydrogen-bond acceptors (Lipinski definition) is 4. The first-order valence-corrected chi connectivity index (χ1v) is 6.19. The van der Waals surface area contributed by atoms with E-state index in [0.29, 0.717) is 11.5 Å². The van der Waals surface area contributed by atoms with Crippen molar-refractivity contribution in [3.63, 3.8) is 0 Å². The van der Waals surface area contributed by atoms with Gasteiger partial charge in [-0.15, -0.1) is 0 Å². The molecule has 0 saturated carbocycles. The van der Waals surface area contributed by atoms with Gasteiger partial charge in [0.25, 0.3) is 0 Å². The molecule has 2 aromatic carbocycles. The van der Waals surface area contributed by atoms with E-state index in [1.54, 1.807) is 24.3 Å². The van der Waals surface area contributed by atoms with Crippen LogP contribution in [0.5, 0.6) is 11.5 Å². The first-order valence-electron chi connectivity index (χ1n) is 6.19. The van der Waals surface area contributed by atoms with E-state index in [0.717, 1.165) is 17.7 Å². The van der Waals surface area contributed by atoms with E-state index >= 15 is 0 Å². The zero-order valence-corrected chi connectivity index (χ0v) is 10.8. The SMILES string of the molecule is N#Cc1cc(F)c(NCc2cccc3c2OCO3)c(F)c1. The topological polar surface area (TPSA) is 54.3 Å². The maximum atomic E-state index is 13.8. The smallest absolute Gasteiger partial charge is 0.231 e. The fourth-order valence-electron chi connectivity index (χ4n) is 2.12. The summed E-state index contributed by atoms with van der Waals surface area (Å²) in [5, 5.41) is 11.3. The summed E-state index contributed by atoms with van der Waals surface area (Å²) in [5.74, 6) is -0.442. The van der Waals surface area contributed by atoms with Gasteiger partial charge in [-0.05, 0) is 18.2 Å². The molecule has 2 aromatic rings. The molecule has 106 valence electrons. The second-order valence-corrected chi connectivity index (χ2v) is 4.43. The van der Waals surface area contributed by atoms with Crippen molar-refractivity contribution in [2.45, 2.75) is 6.54 Å². The van der Waals surface area contributed by atoms with Crippen LogP contribution in [0.25, 0.3) is 0 Å². The van der Waals surface area contributed by atoms with Crippen LogP contribution in [-0.2, 0) is 6.54 Å². The number of nitriles is 1. The zero-order valence-electron chi connectivity index (χ0n) is 10.8. The number of anilines is 1. The molecule has 0 fully saturated rings. The number of ether oxygens (including phenoxy) is 2. The Labute approximate surface area is 119 Å². The summed E-state index contributed by atoms with van der Waals surface area (Å²) in [6, 6.07) is 8.98. The number of rotatable bonds is 3. The molecule has 1 N–H and O–H groups in total. The van der Waals surface area contributed by atoms with E-state index in [-0.39, 0.29) is 24.6 Å². The van der Waals surface area contributed by atoms with Gasteiger partial charge in [0.05, 0.1) is 11.6 Å². The number of nitrogens with one attached hydrogen (secondary N) is 1. The Morgan fingerprint density at radius 3 is 2.67 bits per heavy atom. The van der Waals surface area contributed by atoms with Crippen LogP contribution in [0.1, 0.15) is 11.1 Å². The molecule has 0 saturated heterocycles. The number of nitrogens with zero attached hydrogens (tertiary/aromatic N) is 1. The molecule has 1 heterocycles. The lowest BCUT2D eigenvalue weighted by molar-refractivity contribution is 0.173. The van der Waals surface area contributed by atoms with Crippen molar-refractivity contribution in [2.75, 3.05) is 12.1 Å². The van der Waals surface area contributed by atoms with Gasteiger partial charge in [-0.3, -0.25) is 0 Å². The summed E-state index contributed by atoms with van der Waals surface area (Å²) < 4.78 is 38.1. The van der Waals surface area contributed by atoms with Gasteiger partial charge < -0.3 is 14.8 Å². The summed E-state index contributed by atoms with van der Waals surface area (Å²) in [6.45, 7) is 0.304. The predicted molar refractivity (Wildman–Crippen MR) is 71.0 cm³/mol. The highest BCUT2D eigenvalue weighted by Crippen LogP contribution is 2.35. The second-order valence-electron chi connectivity index (χ2n) is 4.43. The van der Waals surface area contributed by atoms with Crippen LogP contribution >= 0.6 is 0 Å². The van der Waals surface area contributed by atoms with E-state index in [2.05, 4.69) is 5.32 Å². The Hall–Kier alpha value is -2.81. The van der Waals surface area contributed by atoms with Crippen molar-refractivity contribution < 1.29 is 18.3 Å². The highest BCUT2D eigenvalue weighted by atomic mass is 19.1. The van der Waals surface area contributed by atoms with Gasteiger partial charge in [0.2, 0.25) is 6.79 Å². The van der Waals surface area contributed by atoms with Crippen molar-refractivity contribution >= 4 is 5.69 Å². The molecule has 0 unspecified atom stereocenters. The van der Waals surface area contributed by atoms with Crippen molar-refractivity contribution in [1.29, 1.82) is 5.26 Å². The largest absolute Gasteiger partial charge is 0.454 e. The lowest BCUT2D eigenvalue weighted by atomic mass is 10.1. The van der Waals surface area contributed by atoms with Gasteiger partial charge in [-0.2, -0.15) is 5.26 Å². The third-order valence-electron chi connectivity index (χ3n) is 3.10. The van der Waals surface area contributed by atoms with Gasteiger partial charge in [-0.25, -0.2) is 8.78 Å². The average molecular weight is 288 g/mol. The minimum Gasteiger partial charge on any atom is -0.454 e. The number of fused-ring (bicyclic) bond motifs is 1. The minimum atomic E-state index is -0.809. The third-order valence-corrected chi connectivity index (χ3v) is 3.10. The molecule has 3 rings (SSSR count). The maximum Gasteiger partial charge on any atom is 0.231 e. The van der Waals surface area contributed by atoms with Crippen LogP contribution in [0.4, 0.5) is 14.5 Å². The van der Waals surface area contributed by atoms with Gasteiger partial charge in [0.1, 0.15) is 5.69 Å². The van der Waals surface area contributed by atoms with E-state index in [9.17, 15) is 8.78 Å². The highest BCUT2D eigenvalue weighted by molar-refractivity contribution is 5.53.